The van der Waals surface area contributed by atoms with E-state index in [-0.39, 0.29) is 5.92 Å². The number of amides is 1. The first-order valence-electron chi connectivity index (χ1n) is 8.21. The molecular formula is C16H32N2O. The molecule has 0 aromatic heterocycles. The Bertz CT molecular complexity index is 249. The van der Waals surface area contributed by atoms with Gasteiger partial charge in [-0.1, -0.05) is 33.1 Å². The molecule has 1 saturated heterocycles. The molecule has 3 heteroatoms. The summed E-state index contributed by atoms with van der Waals surface area (Å²) in [6, 6.07) is 0.399. The number of carbonyl (C=O) groups is 1. The Kier molecular flexibility index (Phi) is 8.11. The minimum Gasteiger partial charge on any atom is -0.340 e. The smallest absolute Gasteiger partial charge is 0.227 e. The van der Waals surface area contributed by atoms with Crippen LogP contribution in [0.25, 0.3) is 0 Å². The monoisotopic (exact) mass is 268 g/mol. The first kappa shape index (κ1) is 16.5. The van der Waals surface area contributed by atoms with Gasteiger partial charge < -0.3 is 10.2 Å². The number of hydrogen-bond donors (Lipinski definition) is 1. The van der Waals surface area contributed by atoms with Crippen molar-refractivity contribution in [2.45, 2.75) is 71.8 Å². The number of rotatable bonds is 8. The molecule has 1 heterocycles. The topological polar surface area (TPSA) is 32.3 Å². The van der Waals surface area contributed by atoms with Gasteiger partial charge in [0.25, 0.3) is 0 Å². The lowest BCUT2D eigenvalue weighted by Crippen LogP contribution is -2.47. The third-order valence-electron chi connectivity index (χ3n) is 4.17. The molecule has 19 heavy (non-hydrogen) atoms. The summed E-state index contributed by atoms with van der Waals surface area (Å²) < 4.78 is 0. The van der Waals surface area contributed by atoms with Gasteiger partial charge in [0.1, 0.15) is 0 Å². The zero-order valence-corrected chi connectivity index (χ0v) is 13.1. The van der Waals surface area contributed by atoms with E-state index >= 15 is 0 Å². The van der Waals surface area contributed by atoms with E-state index in [0.29, 0.717) is 11.9 Å². The predicted octanol–water partition coefficient (Wildman–Crippen LogP) is 3.19. The number of piperidine rings is 1. The van der Waals surface area contributed by atoms with E-state index in [1.54, 1.807) is 0 Å². The fraction of sp³-hybridized carbons (Fsp3) is 0.938. The van der Waals surface area contributed by atoms with Crippen LogP contribution in [0.2, 0.25) is 0 Å². The van der Waals surface area contributed by atoms with E-state index in [2.05, 4.69) is 31.0 Å². The van der Waals surface area contributed by atoms with Crippen molar-refractivity contribution in [3.63, 3.8) is 0 Å². The molecule has 112 valence electrons. The summed E-state index contributed by atoms with van der Waals surface area (Å²) in [6.45, 7) is 9.53. The van der Waals surface area contributed by atoms with Crippen LogP contribution in [-0.4, -0.2) is 36.5 Å². The van der Waals surface area contributed by atoms with E-state index < -0.39 is 0 Å². The third kappa shape index (κ3) is 5.52. The molecule has 0 radical (unpaired) electrons. The van der Waals surface area contributed by atoms with Crippen molar-refractivity contribution < 1.29 is 4.79 Å². The highest BCUT2D eigenvalue weighted by Crippen LogP contribution is 2.18. The van der Waals surface area contributed by atoms with E-state index in [1.165, 1.54) is 12.8 Å². The molecule has 0 aromatic rings. The molecule has 1 aliphatic heterocycles. The average Bonchev–Trinajstić information content (AvgIpc) is 2.44. The Morgan fingerprint density at radius 1 is 1.32 bits per heavy atom. The molecule has 1 N–H and O–H groups in total. The van der Waals surface area contributed by atoms with E-state index in [0.717, 1.165) is 51.7 Å². The Morgan fingerprint density at radius 3 is 2.68 bits per heavy atom. The molecule has 2 atom stereocenters. The fourth-order valence-corrected chi connectivity index (χ4v) is 2.95. The van der Waals surface area contributed by atoms with Gasteiger partial charge in [0.2, 0.25) is 5.91 Å². The maximum Gasteiger partial charge on any atom is 0.227 e. The first-order chi connectivity index (χ1) is 9.20. The Balaban J connectivity index is 2.56. The quantitative estimate of drug-likeness (QED) is 0.686. The van der Waals surface area contributed by atoms with Crippen molar-refractivity contribution in [1.82, 2.24) is 10.2 Å². The molecule has 0 spiro atoms. The molecule has 0 saturated carbocycles. The van der Waals surface area contributed by atoms with E-state index in [9.17, 15) is 4.79 Å². The minimum atomic E-state index is 0.217. The van der Waals surface area contributed by atoms with Gasteiger partial charge in [-0.15, -0.1) is 0 Å². The molecule has 2 unspecified atom stereocenters. The summed E-state index contributed by atoms with van der Waals surface area (Å²) in [5, 5.41) is 3.36. The number of nitrogens with zero attached hydrogens (tertiary/aromatic N) is 1. The molecule has 0 aromatic carbocycles. The molecule has 1 aliphatic rings. The van der Waals surface area contributed by atoms with Crippen LogP contribution in [0.15, 0.2) is 0 Å². The summed E-state index contributed by atoms with van der Waals surface area (Å²) >= 11 is 0. The van der Waals surface area contributed by atoms with Gasteiger partial charge in [0.05, 0.1) is 5.92 Å². The van der Waals surface area contributed by atoms with Gasteiger partial charge in [0, 0.05) is 19.1 Å². The lowest BCUT2D eigenvalue weighted by molar-refractivity contribution is -0.138. The van der Waals surface area contributed by atoms with Crippen LogP contribution in [0.5, 0.6) is 0 Å². The lowest BCUT2D eigenvalue weighted by atomic mass is 9.96. The molecule has 1 rings (SSSR count). The van der Waals surface area contributed by atoms with Crippen molar-refractivity contribution in [3.05, 3.63) is 0 Å². The summed E-state index contributed by atoms with van der Waals surface area (Å²) in [5.74, 6) is 0.610. The van der Waals surface area contributed by atoms with Crippen molar-refractivity contribution in [1.29, 1.82) is 0 Å². The van der Waals surface area contributed by atoms with Crippen LogP contribution in [-0.2, 0) is 4.79 Å². The zero-order chi connectivity index (χ0) is 14.1. The van der Waals surface area contributed by atoms with Gasteiger partial charge in [-0.3, -0.25) is 4.79 Å². The maximum atomic E-state index is 12.7. The summed E-state index contributed by atoms with van der Waals surface area (Å²) in [7, 11) is 0. The van der Waals surface area contributed by atoms with Gasteiger partial charge in [-0.2, -0.15) is 0 Å². The Hall–Kier alpha value is -0.570. The number of nitrogens with one attached hydrogen (secondary N) is 1. The van der Waals surface area contributed by atoms with E-state index in [1.807, 2.05) is 0 Å². The second-order valence-electron chi connectivity index (χ2n) is 5.92. The SMILES string of the molecule is CCCCCN(C(=O)C1CCCNC1)C(C)CCC. The van der Waals surface area contributed by atoms with E-state index in [4.69, 9.17) is 0 Å². The van der Waals surface area contributed by atoms with Crippen LogP contribution in [0.3, 0.4) is 0 Å². The van der Waals surface area contributed by atoms with Crippen LogP contribution in [0.4, 0.5) is 0 Å². The summed E-state index contributed by atoms with van der Waals surface area (Å²) in [5.41, 5.74) is 0. The van der Waals surface area contributed by atoms with Crippen molar-refractivity contribution in [2.75, 3.05) is 19.6 Å². The summed E-state index contributed by atoms with van der Waals surface area (Å²) in [4.78, 5) is 14.9. The van der Waals surface area contributed by atoms with Crippen molar-refractivity contribution in [3.8, 4) is 0 Å². The zero-order valence-electron chi connectivity index (χ0n) is 13.1. The highest BCUT2D eigenvalue weighted by molar-refractivity contribution is 5.79. The van der Waals surface area contributed by atoms with Crippen LogP contribution in [0.1, 0.15) is 65.7 Å². The largest absolute Gasteiger partial charge is 0.340 e. The lowest BCUT2D eigenvalue weighted by Gasteiger charge is -2.34. The average molecular weight is 268 g/mol. The Labute approximate surface area is 119 Å². The first-order valence-corrected chi connectivity index (χ1v) is 8.21. The van der Waals surface area contributed by atoms with Gasteiger partial charge in [-0.25, -0.2) is 0 Å². The van der Waals surface area contributed by atoms with Gasteiger partial charge in [-0.05, 0) is 39.2 Å². The van der Waals surface area contributed by atoms with Gasteiger partial charge in [0.15, 0.2) is 0 Å². The molecular weight excluding hydrogens is 236 g/mol. The number of unbranched alkanes of at least 4 members (excludes halogenated alkanes) is 2. The standard InChI is InChI=1S/C16H32N2O/c1-4-6-7-12-18(14(3)9-5-2)16(19)15-10-8-11-17-13-15/h14-15,17H,4-13H2,1-3H3. The molecule has 3 nitrogen and oxygen atoms in total. The normalized spacial score (nSPS) is 21.1. The van der Waals surface area contributed by atoms with Crippen molar-refractivity contribution >= 4 is 5.91 Å². The number of hydrogen-bond acceptors (Lipinski definition) is 2. The second-order valence-corrected chi connectivity index (χ2v) is 5.92. The molecule has 1 fully saturated rings. The van der Waals surface area contributed by atoms with Crippen LogP contribution >= 0.6 is 0 Å². The Morgan fingerprint density at radius 2 is 2.11 bits per heavy atom. The van der Waals surface area contributed by atoms with Crippen LogP contribution < -0.4 is 5.32 Å². The molecule has 0 aliphatic carbocycles. The van der Waals surface area contributed by atoms with Gasteiger partial charge >= 0.3 is 0 Å². The number of carbonyl (C=O) groups excluding carboxylic acids is 1. The van der Waals surface area contributed by atoms with Crippen LogP contribution in [0, 0.1) is 5.92 Å². The maximum absolute atomic E-state index is 12.7. The predicted molar refractivity (Wildman–Crippen MR) is 81.2 cm³/mol. The van der Waals surface area contributed by atoms with Crippen molar-refractivity contribution in [2.24, 2.45) is 5.92 Å². The minimum absolute atomic E-state index is 0.217. The fourth-order valence-electron chi connectivity index (χ4n) is 2.95. The second kappa shape index (κ2) is 9.35. The highest BCUT2D eigenvalue weighted by atomic mass is 16.2. The molecule has 0 bridgehead atoms. The molecule has 1 amide bonds. The summed E-state index contributed by atoms with van der Waals surface area (Å²) in [6.07, 6.45) is 8.08. The third-order valence-corrected chi connectivity index (χ3v) is 4.17. The highest BCUT2D eigenvalue weighted by Gasteiger charge is 2.28.